The zero-order valence-corrected chi connectivity index (χ0v) is 8.57. The molecule has 1 atom stereocenters. The van der Waals surface area contributed by atoms with Gasteiger partial charge in [-0.25, -0.2) is 0 Å². The van der Waals surface area contributed by atoms with Gasteiger partial charge in [0.15, 0.2) is 0 Å². The summed E-state index contributed by atoms with van der Waals surface area (Å²) in [6.45, 7) is 0. The van der Waals surface area contributed by atoms with E-state index in [9.17, 15) is 13.2 Å². The molecule has 13 heavy (non-hydrogen) atoms. The molecule has 1 rings (SSSR count). The Balaban J connectivity index is 2.69. The Kier molecular flexibility index (Phi) is 3.49. The Hall–Kier alpha value is 0.0700. The van der Waals surface area contributed by atoms with Gasteiger partial charge in [-0.2, -0.15) is 13.2 Å². The van der Waals surface area contributed by atoms with Crippen LogP contribution in [0.1, 0.15) is 16.7 Å². The lowest BCUT2D eigenvalue weighted by Gasteiger charge is -2.10. The normalized spacial score (nSPS) is 14.5. The molecule has 0 nitrogen and oxygen atoms in total. The molecule has 0 amide bonds. The molecule has 0 saturated heterocycles. The summed E-state index contributed by atoms with van der Waals surface area (Å²) >= 11 is 12.3. The molecule has 0 aromatic carbocycles. The van der Waals surface area contributed by atoms with Crippen molar-refractivity contribution in [3.05, 3.63) is 21.3 Å². The predicted molar refractivity (Wildman–Crippen MR) is 48.6 cm³/mol. The first kappa shape index (κ1) is 11.1. The van der Waals surface area contributed by atoms with Gasteiger partial charge >= 0.3 is 6.18 Å². The van der Waals surface area contributed by atoms with Gasteiger partial charge in [-0.15, -0.1) is 22.9 Å². The average Bonchev–Trinajstić information content (AvgIpc) is 2.30. The Morgan fingerprint density at radius 2 is 2.08 bits per heavy atom. The highest BCUT2D eigenvalue weighted by atomic mass is 35.5. The number of hydrogen-bond acceptors (Lipinski definition) is 1. The maximum absolute atomic E-state index is 11.9. The van der Waals surface area contributed by atoms with Crippen molar-refractivity contribution in [3.8, 4) is 0 Å². The summed E-state index contributed by atoms with van der Waals surface area (Å²) in [6.07, 6.45) is -5.30. The molecule has 1 aromatic heterocycles. The van der Waals surface area contributed by atoms with E-state index in [0.29, 0.717) is 9.90 Å². The molecule has 1 aromatic rings. The minimum atomic E-state index is -4.25. The van der Waals surface area contributed by atoms with Crippen LogP contribution in [0.2, 0.25) is 5.02 Å². The summed E-state index contributed by atoms with van der Waals surface area (Å²) in [5.74, 6) is 0. The lowest BCUT2D eigenvalue weighted by atomic mass is 10.2. The maximum atomic E-state index is 11.9. The summed E-state index contributed by atoms with van der Waals surface area (Å²) in [5.41, 5.74) is 0. The first-order chi connectivity index (χ1) is 5.90. The number of halogens is 5. The molecule has 0 aliphatic rings. The van der Waals surface area contributed by atoms with Crippen molar-refractivity contribution in [2.45, 2.75) is 18.0 Å². The van der Waals surface area contributed by atoms with Crippen molar-refractivity contribution in [1.29, 1.82) is 0 Å². The van der Waals surface area contributed by atoms with E-state index in [4.69, 9.17) is 23.2 Å². The molecular weight excluding hydrogens is 244 g/mol. The van der Waals surface area contributed by atoms with Crippen molar-refractivity contribution in [2.24, 2.45) is 0 Å². The van der Waals surface area contributed by atoms with Gasteiger partial charge in [0.05, 0.1) is 16.8 Å². The van der Waals surface area contributed by atoms with E-state index >= 15 is 0 Å². The molecule has 0 aliphatic carbocycles. The fourth-order valence-corrected chi connectivity index (χ4v) is 2.49. The van der Waals surface area contributed by atoms with Crippen LogP contribution in [0.15, 0.2) is 11.4 Å². The van der Waals surface area contributed by atoms with Crippen LogP contribution in [0.4, 0.5) is 13.2 Å². The highest BCUT2D eigenvalue weighted by molar-refractivity contribution is 7.11. The van der Waals surface area contributed by atoms with Gasteiger partial charge in [0.2, 0.25) is 0 Å². The summed E-state index contributed by atoms with van der Waals surface area (Å²) in [7, 11) is 0. The Labute approximate surface area is 87.3 Å². The van der Waals surface area contributed by atoms with E-state index in [-0.39, 0.29) is 0 Å². The van der Waals surface area contributed by atoms with Crippen LogP contribution in [0.25, 0.3) is 0 Å². The molecule has 0 fully saturated rings. The Morgan fingerprint density at radius 3 is 2.46 bits per heavy atom. The van der Waals surface area contributed by atoms with E-state index in [1.807, 2.05) is 0 Å². The van der Waals surface area contributed by atoms with Gasteiger partial charge in [0.25, 0.3) is 0 Å². The third-order valence-corrected chi connectivity index (χ3v) is 3.31. The zero-order chi connectivity index (χ0) is 10.1. The molecule has 6 heteroatoms. The summed E-state index contributed by atoms with van der Waals surface area (Å²) in [4.78, 5) is 0.376. The quantitative estimate of drug-likeness (QED) is 0.670. The average molecular weight is 249 g/mol. The van der Waals surface area contributed by atoms with Gasteiger partial charge < -0.3 is 0 Å². The van der Waals surface area contributed by atoms with Crippen LogP contribution in [-0.4, -0.2) is 6.18 Å². The molecule has 0 N–H and O–H groups in total. The molecule has 0 radical (unpaired) electrons. The molecule has 1 heterocycles. The predicted octanol–water partition coefficient (Wildman–Crippen LogP) is 4.63. The van der Waals surface area contributed by atoms with Crippen LogP contribution >= 0.6 is 34.5 Å². The smallest absolute Gasteiger partial charge is 0.171 e. The minimum Gasteiger partial charge on any atom is -0.171 e. The molecule has 0 bridgehead atoms. The van der Waals surface area contributed by atoms with Gasteiger partial charge in [-0.05, 0) is 11.4 Å². The molecule has 0 aliphatic heterocycles. The van der Waals surface area contributed by atoms with Crippen LogP contribution in [0, 0.1) is 0 Å². The van der Waals surface area contributed by atoms with E-state index < -0.39 is 18.0 Å². The van der Waals surface area contributed by atoms with Crippen molar-refractivity contribution < 1.29 is 13.2 Å². The maximum Gasteiger partial charge on any atom is 0.390 e. The summed E-state index contributed by atoms with van der Waals surface area (Å²) in [5, 5.41) is 0.838. The fraction of sp³-hybridized carbons (Fsp3) is 0.429. The second-order valence-electron chi connectivity index (χ2n) is 2.42. The standard InChI is InChI=1S/C7H5Cl2F3S/c8-4-1-2-13-6(4)5(9)3-7(10,11)12/h1-2,5H,3H2. The minimum absolute atomic E-state index is 0.300. The molecule has 0 spiro atoms. The van der Waals surface area contributed by atoms with E-state index in [2.05, 4.69) is 0 Å². The molecular formula is C7H5Cl2F3S. The van der Waals surface area contributed by atoms with Gasteiger partial charge in [-0.3, -0.25) is 0 Å². The Bertz CT molecular complexity index is 282. The fourth-order valence-electron chi connectivity index (χ4n) is 0.825. The van der Waals surface area contributed by atoms with Gasteiger partial charge in [-0.1, -0.05) is 11.6 Å². The van der Waals surface area contributed by atoms with Crippen LogP contribution < -0.4 is 0 Å². The third kappa shape index (κ3) is 3.37. The van der Waals surface area contributed by atoms with Crippen molar-refractivity contribution in [1.82, 2.24) is 0 Å². The lowest BCUT2D eigenvalue weighted by molar-refractivity contribution is -0.134. The third-order valence-electron chi connectivity index (χ3n) is 1.34. The van der Waals surface area contributed by atoms with Crippen molar-refractivity contribution in [3.63, 3.8) is 0 Å². The lowest BCUT2D eigenvalue weighted by Crippen LogP contribution is -2.10. The molecule has 1 unspecified atom stereocenters. The first-order valence-electron chi connectivity index (χ1n) is 3.34. The Morgan fingerprint density at radius 1 is 1.46 bits per heavy atom. The highest BCUT2D eigenvalue weighted by Gasteiger charge is 2.32. The van der Waals surface area contributed by atoms with Crippen molar-refractivity contribution >= 4 is 34.5 Å². The molecule has 0 saturated carbocycles. The second-order valence-corrected chi connectivity index (χ2v) is 4.30. The van der Waals surface area contributed by atoms with Gasteiger partial charge in [0, 0.05) is 4.88 Å². The van der Waals surface area contributed by atoms with E-state index in [1.165, 1.54) is 6.07 Å². The van der Waals surface area contributed by atoms with Crippen LogP contribution in [0.3, 0.4) is 0 Å². The highest BCUT2D eigenvalue weighted by Crippen LogP contribution is 2.39. The largest absolute Gasteiger partial charge is 0.390 e. The molecule has 74 valence electrons. The van der Waals surface area contributed by atoms with Crippen LogP contribution in [-0.2, 0) is 0 Å². The second kappa shape index (κ2) is 4.07. The monoisotopic (exact) mass is 248 g/mol. The SMILES string of the molecule is FC(F)(F)CC(Cl)c1sccc1Cl. The van der Waals surface area contributed by atoms with E-state index in [1.54, 1.807) is 5.38 Å². The van der Waals surface area contributed by atoms with Gasteiger partial charge in [0.1, 0.15) is 0 Å². The van der Waals surface area contributed by atoms with Crippen LogP contribution in [0.5, 0.6) is 0 Å². The topological polar surface area (TPSA) is 0 Å². The number of alkyl halides is 4. The first-order valence-corrected chi connectivity index (χ1v) is 5.03. The van der Waals surface area contributed by atoms with E-state index in [0.717, 1.165) is 11.3 Å². The summed E-state index contributed by atoms with van der Waals surface area (Å²) in [6, 6.07) is 1.54. The number of thiophene rings is 1. The van der Waals surface area contributed by atoms with Crippen molar-refractivity contribution in [2.75, 3.05) is 0 Å². The number of rotatable bonds is 2. The zero-order valence-electron chi connectivity index (χ0n) is 6.24. The number of hydrogen-bond donors (Lipinski definition) is 0. The summed E-state index contributed by atoms with van der Waals surface area (Å²) < 4.78 is 35.7.